The van der Waals surface area contributed by atoms with E-state index in [4.69, 9.17) is 20.4 Å². The summed E-state index contributed by atoms with van der Waals surface area (Å²) in [7, 11) is 6.90. The monoisotopic (exact) mass is 1040 g/mol. The van der Waals surface area contributed by atoms with Crippen LogP contribution < -0.4 is 42.1 Å². The standard InChI is InChI=1S/C30H42N8O3.C25H36N8O2/c1-29(2,3)41-28(40)37-16-13-30(4,14-17-37)21-9-11-22(12-10-21)33-26-24(18-31)32-19-25(35-26)38-15-7-8-23(20-38)34-27(39)36(5)6;1-25(10-12-27-13-11-25)17-6-8-18(9-7-17)29-23-21(22(26)34)28-15-20(31-23)33-14-4-5-19(16-33)30-24(35)32(2)3/h9-12,19,23H,7-8,13-17,20H2,1-6H3,(H,33,35)(H,34,39);6-9,15,19,27H,4-5,10-14,16H2,1-3H3,(H2,26,34)(H,29,31)(H,30,35)/t23-;19-/m11/s1. The average molecular weight is 1040 g/mol. The number of carbonyl (C=O) groups is 4. The second-order valence-corrected chi connectivity index (χ2v) is 22.3. The smallest absolute Gasteiger partial charge is 0.410 e. The van der Waals surface area contributed by atoms with E-state index in [9.17, 15) is 24.4 Å². The van der Waals surface area contributed by atoms with Crippen molar-refractivity contribution in [3.8, 4) is 6.07 Å². The largest absolute Gasteiger partial charge is 0.444 e. The van der Waals surface area contributed by atoms with Crippen LogP contribution in [0.5, 0.6) is 0 Å². The van der Waals surface area contributed by atoms with Crippen molar-refractivity contribution in [2.75, 3.05) is 101 Å². The van der Waals surface area contributed by atoms with Crippen LogP contribution in [0.2, 0.25) is 0 Å². The molecule has 4 aromatic rings. The van der Waals surface area contributed by atoms with Crippen LogP contribution in [0.25, 0.3) is 0 Å². The number of carbonyl (C=O) groups excluding carboxylic acids is 4. The Hall–Kier alpha value is -7.47. The number of nitrogens with zero attached hydrogens (tertiary/aromatic N) is 10. The zero-order valence-electron chi connectivity index (χ0n) is 45.8. The number of piperidine rings is 4. The van der Waals surface area contributed by atoms with E-state index in [1.165, 1.54) is 20.9 Å². The molecule has 21 heteroatoms. The minimum absolute atomic E-state index is 0.0107. The molecule has 0 aliphatic carbocycles. The van der Waals surface area contributed by atoms with Gasteiger partial charge < -0.3 is 61.6 Å². The molecule has 4 fully saturated rings. The first kappa shape index (κ1) is 56.3. The van der Waals surface area contributed by atoms with Gasteiger partial charge in [-0.3, -0.25) is 4.79 Å². The fourth-order valence-corrected chi connectivity index (χ4v) is 9.96. The molecular weight excluding hydrogens is 965 g/mol. The van der Waals surface area contributed by atoms with Crippen molar-refractivity contribution in [1.82, 2.24) is 50.6 Å². The summed E-state index contributed by atoms with van der Waals surface area (Å²) in [6.45, 7) is 16.4. The highest BCUT2D eigenvalue weighted by molar-refractivity contribution is 5.96. The lowest BCUT2D eigenvalue weighted by molar-refractivity contribution is 0.0171. The Morgan fingerprint density at radius 3 is 1.63 bits per heavy atom. The Labute approximate surface area is 447 Å². The van der Waals surface area contributed by atoms with E-state index in [0.717, 1.165) is 88.9 Å². The molecule has 6 heterocycles. The number of amides is 6. The summed E-state index contributed by atoms with van der Waals surface area (Å²) >= 11 is 0. The minimum Gasteiger partial charge on any atom is -0.444 e. The molecule has 21 nitrogen and oxygen atoms in total. The highest BCUT2D eigenvalue weighted by atomic mass is 16.6. The molecule has 0 spiro atoms. The molecule has 0 radical (unpaired) electrons. The lowest BCUT2D eigenvalue weighted by Crippen LogP contribution is -2.50. The van der Waals surface area contributed by atoms with Crippen LogP contribution >= 0.6 is 0 Å². The van der Waals surface area contributed by atoms with Crippen molar-refractivity contribution in [3.63, 3.8) is 0 Å². The van der Waals surface area contributed by atoms with E-state index in [1.54, 1.807) is 45.5 Å². The highest BCUT2D eigenvalue weighted by Crippen LogP contribution is 2.37. The first-order valence-electron chi connectivity index (χ1n) is 26.5. The number of ether oxygens (including phenoxy) is 1. The van der Waals surface area contributed by atoms with Crippen LogP contribution in [0.3, 0.4) is 0 Å². The number of aromatic nitrogens is 4. The van der Waals surface area contributed by atoms with Crippen LogP contribution in [0, 0.1) is 11.3 Å². The van der Waals surface area contributed by atoms with Gasteiger partial charge in [-0.25, -0.2) is 34.3 Å². The van der Waals surface area contributed by atoms with E-state index in [1.807, 2.05) is 45.0 Å². The molecule has 4 aliphatic heterocycles. The molecule has 0 bridgehead atoms. The van der Waals surface area contributed by atoms with Crippen molar-refractivity contribution in [2.24, 2.45) is 5.73 Å². The molecule has 7 N–H and O–H groups in total. The van der Waals surface area contributed by atoms with E-state index in [2.05, 4.69) is 90.5 Å². The lowest BCUT2D eigenvalue weighted by Gasteiger charge is -2.40. The summed E-state index contributed by atoms with van der Waals surface area (Å²) in [6.07, 6.45) is 10.5. The number of primary amides is 1. The Balaban J connectivity index is 0.000000224. The molecule has 2 aromatic carbocycles. The van der Waals surface area contributed by atoms with Crippen molar-refractivity contribution in [2.45, 2.75) is 114 Å². The number of nitrogens with two attached hydrogens (primary N) is 1. The van der Waals surface area contributed by atoms with Gasteiger partial charge in [0.25, 0.3) is 5.91 Å². The van der Waals surface area contributed by atoms with Crippen LogP contribution in [0.1, 0.15) is 113 Å². The van der Waals surface area contributed by atoms with Crippen LogP contribution in [-0.2, 0) is 15.6 Å². The fourth-order valence-electron chi connectivity index (χ4n) is 9.96. The second kappa shape index (κ2) is 24.5. The summed E-state index contributed by atoms with van der Waals surface area (Å²) in [5, 5.41) is 25.7. The summed E-state index contributed by atoms with van der Waals surface area (Å²) in [5.74, 6) is 1.39. The first-order valence-corrected chi connectivity index (χ1v) is 26.5. The molecule has 76 heavy (non-hydrogen) atoms. The molecule has 408 valence electrons. The topological polar surface area (TPSA) is 255 Å². The van der Waals surface area contributed by atoms with Crippen LogP contribution in [0.15, 0.2) is 60.9 Å². The molecule has 4 saturated heterocycles. The zero-order valence-corrected chi connectivity index (χ0v) is 45.8. The Bertz CT molecular complexity index is 2690. The quantitative estimate of drug-likeness (QED) is 0.0901. The third kappa shape index (κ3) is 14.7. The maximum atomic E-state index is 12.5. The van der Waals surface area contributed by atoms with Gasteiger partial charge in [-0.1, -0.05) is 38.1 Å². The van der Waals surface area contributed by atoms with Crippen molar-refractivity contribution in [1.29, 1.82) is 5.26 Å². The Morgan fingerprint density at radius 1 is 0.711 bits per heavy atom. The van der Waals surface area contributed by atoms with E-state index in [-0.39, 0.29) is 52.5 Å². The van der Waals surface area contributed by atoms with Crippen molar-refractivity contribution >= 4 is 58.7 Å². The van der Waals surface area contributed by atoms with Gasteiger partial charge in [0.1, 0.15) is 23.3 Å². The van der Waals surface area contributed by atoms with Gasteiger partial charge in [-0.15, -0.1) is 0 Å². The Kier molecular flexibility index (Phi) is 18.1. The number of anilines is 6. The molecule has 2 atom stereocenters. The van der Waals surface area contributed by atoms with Gasteiger partial charge >= 0.3 is 18.2 Å². The van der Waals surface area contributed by atoms with Crippen LogP contribution in [0.4, 0.5) is 49.0 Å². The predicted molar refractivity (Wildman–Crippen MR) is 296 cm³/mol. The summed E-state index contributed by atoms with van der Waals surface area (Å²) in [4.78, 5) is 75.9. The molecular formula is C55H78N16O5. The third-order valence-electron chi connectivity index (χ3n) is 14.7. The van der Waals surface area contributed by atoms with Crippen molar-refractivity contribution < 1.29 is 23.9 Å². The van der Waals surface area contributed by atoms with Crippen LogP contribution in [-0.4, -0.2) is 157 Å². The van der Waals surface area contributed by atoms with E-state index < -0.39 is 11.5 Å². The fraction of sp³-hybridized carbons (Fsp3) is 0.545. The molecule has 2 aromatic heterocycles. The lowest BCUT2D eigenvalue weighted by atomic mass is 9.74. The maximum absolute atomic E-state index is 12.5. The molecule has 0 unspecified atom stereocenters. The minimum atomic E-state index is -0.639. The number of rotatable bonds is 11. The molecule has 8 rings (SSSR count). The SMILES string of the molecule is CN(C)C(=O)N[C@@H]1CCCN(c2cnc(C#N)c(Nc3ccc(C4(C)CCN(C(=O)OC(C)(C)C)CC4)cc3)n2)C1.CN(C)C(=O)N[C@@H]1CCCN(c2cnc(C(N)=O)c(Nc3ccc(C4(C)CCNCC4)cc3)n2)C1. The van der Waals surface area contributed by atoms with E-state index in [0.29, 0.717) is 49.5 Å². The molecule has 4 aliphatic rings. The van der Waals surface area contributed by atoms with Gasteiger partial charge in [0.15, 0.2) is 23.0 Å². The van der Waals surface area contributed by atoms with Gasteiger partial charge in [-0.05, 0) is 131 Å². The normalized spacial score (nSPS) is 19.1. The summed E-state index contributed by atoms with van der Waals surface area (Å²) in [5.41, 5.74) is 9.63. The average Bonchev–Trinajstić information content (AvgIpc) is 3.39. The number of nitriles is 1. The van der Waals surface area contributed by atoms with Gasteiger partial charge in [0, 0.05) is 90.9 Å². The van der Waals surface area contributed by atoms with E-state index >= 15 is 0 Å². The third-order valence-corrected chi connectivity index (χ3v) is 14.7. The summed E-state index contributed by atoms with van der Waals surface area (Å²) in [6, 6.07) is 18.4. The number of urea groups is 2. The number of hydrogen-bond acceptors (Lipinski definition) is 15. The second-order valence-electron chi connectivity index (χ2n) is 22.3. The number of hydrogen-bond donors (Lipinski definition) is 6. The van der Waals surface area contributed by atoms with Gasteiger partial charge in [-0.2, -0.15) is 5.26 Å². The highest BCUT2D eigenvalue weighted by Gasteiger charge is 2.35. The van der Waals surface area contributed by atoms with Gasteiger partial charge in [0.05, 0.1) is 12.4 Å². The summed E-state index contributed by atoms with van der Waals surface area (Å²) < 4.78 is 5.54. The Morgan fingerprint density at radius 2 is 1.17 bits per heavy atom. The first-order chi connectivity index (χ1) is 36.1. The predicted octanol–water partition coefficient (Wildman–Crippen LogP) is 6.82. The molecule has 6 amide bonds. The maximum Gasteiger partial charge on any atom is 0.410 e. The number of nitrogens with one attached hydrogen (secondary N) is 5. The molecule has 0 saturated carbocycles. The number of benzene rings is 2. The van der Waals surface area contributed by atoms with Gasteiger partial charge in [0.2, 0.25) is 0 Å². The zero-order chi connectivity index (χ0) is 54.8. The number of likely N-dealkylation sites (tertiary alicyclic amines) is 1. The van der Waals surface area contributed by atoms with Crippen molar-refractivity contribution in [3.05, 3.63) is 83.4 Å².